The van der Waals surface area contributed by atoms with Gasteiger partial charge in [0.15, 0.2) is 0 Å². The van der Waals surface area contributed by atoms with Crippen LogP contribution in [0.2, 0.25) is 0 Å². The molecule has 0 spiro atoms. The lowest BCUT2D eigenvalue weighted by molar-refractivity contribution is -0.384. The predicted molar refractivity (Wildman–Crippen MR) is 118 cm³/mol. The van der Waals surface area contributed by atoms with Gasteiger partial charge in [-0.1, -0.05) is 5.92 Å². The number of ether oxygens (including phenoxy) is 1. The van der Waals surface area contributed by atoms with Gasteiger partial charge in [-0.15, -0.1) is 6.42 Å². The lowest BCUT2D eigenvalue weighted by Crippen LogP contribution is -2.54. The van der Waals surface area contributed by atoms with E-state index in [0.717, 1.165) is 17.0 Å². The number of carbonyl (C=O) groups excluding carboxylic acids is 3. The van der Waals surface area contributed by atoms with Gasteiger partial charge in [-0.2, -0.15) is 0 Å². The molecule has 0 radical (unpaired) electrons. The third-order valence-corrected chi connectivity index (χ3v) is 5.23. The monoisotopic (exact) mass is 547 g/mol. The summed E-state index contributed by atoms with van der Waals surface area (Å²) in [5.41, 5.74) is 0.0338. The van der Waals surface area contributed by atoms with E-state index in [1.165, 1.54) is 18.2 Å². The number of non-ortho nitro benzene ring substituents is 1. The van der Waals surface area contributed by atoms with Gasteiger partial charge in [0.25, 0.3) is 17.5 Å². The Balaban J connectivity index is 1.97. The summed E-state index contributed by atoms with van der Waals surface area (Å²) in [5.74, 6) is 1.05. The molecule has 2 aromatic rings. The van der Waals surface area contributed by atoms with Crippen molar-refractivity contribution in [2.75, 3.05) is 11.5 Å². The zero-order valence-corrected chi connectivity index (χ0v) is 18.6. The van der Waals surface area contributed by atoms with E-state index in [-0.39, 0.29) is 23.6 Å². The van der Waals surface area contributed by atoms with Crippen molar-refractivity contribution in [1.82, 2.24) is 5.32 Å². The molecular formula is C20H11Br2N3O6. The highest BCUT2D eigenvalue weighted by atomic mass is 79.9. The second-order valence-corrected chi connectivity index (χ2v) is 7.75. The summed E-state index contributed by atoms with van der Waals surface area (Å²) in [7, 11) is 0. The second kappa shape index (κ2) is 9.11. The van der Waals surface area contributed by atoms with E-state index >= 15 is 0 Å². The van der Waals surface area contributed by atoms with Gasteiger partial charge < -0.3 is 4.74 Å². The minimum absolute atomic E-state index is 0.0465. The quantitative estimate of drug-likeness (QED) is 0.199. The first-order valence-electron chi connectivity index (χ1n) is 8.44. The number of nitrogens with one attached hydrogen (secondary N) is 1. The molecule has 0 aromatic heterocycles. The fourth-order valence-corrected chi connectivity index (χ4v) is 4.15. The number of hydrogen-bond donors (Lipinski definition) is 1. The smallest absolute Gasteiger partial charge is 0.335 e. The number of benzene rings is 2. The Morgan fingerprint density at radius 2 is 1.77 bits per heavy atom. The van der Waals surface area contributed by atoms with Gasteiger partial charge in [-0.25, -0.2) is 9.69 Å². The fourth-order valence-electron chi connectivity index (χ4n) is 2.70. The lowest BCUT2D eigenvalue weighted by atomic mass is 10.1. The first kappa shape index (κ1) is 22.2. The van der Waals surface area contributed by atoms with Gasteiger partial charge >= 0.3 is 6.03 Å². The zero-order chi connectivity index (χ0) is 22.7. The molecule has 1 aliphatic heterocycles. The van der Waals surface area contributed by atoms with E-state index < -0.39 is 22.8 Å². The van der Waals surface area contributed by atoms with Gasteiger partial charge in [0.05, 0.1) is 19.6 Å². The molecule has 1 saturated heterocycles. The highest BCUT2D eigenvalue weighted by molar-refractivity contribution is 9.11. The molecule has 0 saturated carbocycles. The van der Waals surface area contributed by atoms with Crippen LogP contribution < -0.4 is 15.0 Å². The van der Waals surface area contributed by atoms with Crippen LogP contribution >= 0.6 is 31.9 Å². The van der Waals surface area contributed by atoms with Crippen molar-refractivity contribution in [2.45, 2.75) is 0 Å². The predicted octanol–water partition coefficient (Wildman–Crippen LogP) is 3.80. The number of imide groups is 2. The average molecular weight is 549 g/mol. The Morgan fingerprint density at radius 3 is 2.32 bits per heavy atom. The van der Waals surface area contributed by atoms with Crippen molar-refractivity contribution in [3.8, 4) is 18.1 Å². The first-order chi connectivity index (χ1) is 14.7. The van der Waals surface area contributed by atoms with E-state index in [1.807, 2.05) is 0 Å². The Labute approximate surface area is 192 Å². The highest BCUT2D eigenvalue weighted by Crippen LogP contribution is 2.35. The third kappa shape index (κ3) is 4.65. The van der Waals surface area contributed by atoms with Gasteiger partial charge in [-0.05, 0) is 67.8 Å². The molecule has 156 valence electrons. The largest absolute Gasteiger partial charge is 0.479 e. The van der Waals surface area contributed by atoms with Gasteiger partial charge in [0, 0.05) is 12.1 Å². The van der Waals surface area contributed by atoms with E-state index in [4.69, 9.17) is 11.2 Å². The maximum absolute atomic E-state index is 12.9. The number of nitrogens with zero attached hydrogens (tertiary/aromatic N) is 2. The third-order valence-electron chi connectivity index (χ3n) is 4.05. The number of nitro benzene ring substituents is 1. The van der Waals surface area contributed by atoms with Crippen LogP contribution in [0.5, 0.6) is 5.75 Å². The molecule has 0 aliphatic carbocycles. The van der Waals surface area contributed by atoms with Crippen LogP contribution in [0.1, 0.15) is 5.56 Å². The Kier molecular flexibility index (Phi) is 6.53. The standard InChI is InChI=1S/C20H11Br2N3O6/c1-2-7-31-17-15(21)9-11(10-16(17)22)8-14-18(26)23-20(28)24(19(14)27)12-3-5-13(6-4-12)25(29)30/h1,3-6,8-10H,7H2,(H,23,26,28)/b14-8+. The Hall–Kier alpha value is -3.49. The molecule has 1 heterocycles. The number of urea groups is 1. The molecule has 4 amide bonds. The summed E-state index contributed by atoms with van der Waals surface area (Å²) in [6, 6.07) is 7.05. The summed E-state index contributed by atoms with van der Waals surface area (Å²) in [6.45, 7) is 0.0465. The maximum Gasteiger partial charge on any atom is 0.335 e. The molecule has 2 aromatic carbocycles. The molecule has 9 nitrogen and oxygen atoms in total. The number of rotatable bonds is 5. The molecule has 1 aliphatic rings. The van der Waals surface area contributed by atoms with Crippen LogP contribution in [-0.2, 0) is 9.59 Å². The molecule has 1 fully saturated rings. The van der Waals surface area contributed by atoms with Gasteiger partial charge in [0.2, 0.25) is 0 Å². The number of amides is 4. The second-order valence-electron chi connectivity index (χ2n) is 6.04. The number of hydrogen-bond acceptors (Lipinski definition) is 6. The summed E-state index contributed by atoms with van der Waals surface area (Å²) < 4.78 is 6.47. The maximum atomic E-state index is 12.9. The molecule has 0 atom stereocenters. The SMILES string of the molecule is C#CCOc1c(Br)cc(/C=C2\C(=O)NC(=O)N(c3ccc([N+](=O)[O-])cc3)C2=O)cc1Br. The van der Waals surface area contributed by atoms with Crippen LogP contribution in [0.25, 0.3) is 6.08 Å². The number of halogens is 2. The Morgan fingerprint density at radius 1 is 1.16 bits per heavy atom. The number of anilines is 1. The normalized spacial score (nSPS) is 14.9. The molecule has 1 N–H and O–H groups in total. The number of nitro groups is 1. The summed E-state index contributed by atoms with van der Waals surface area (Å²) >= 11 is 6.68. The van der Waals surface area contributed by atoms with E-state index in [2.05, 4.69) is 43.1 Å². The number of barbiturate groups is 1. The van der Waals surface area contributed by atoms with Crippen LogP contribution in [0.4, 0.5) is 16.2 Å². The summed E-state index contributed by atoms with van der Waals surface area (Å²) in [5, 5.41) is 12.9. The number of terminal acetylenes is 1. The van der Waals surface area contributed by atoms with Crippen molar-refractivity contribution in [3.05, 3.63) is 66.6 Å². The lowest BCUT2D eigenvalue weighted by Gasteiger charge is -2.26. The summed E-state index contributed by atoms with van der Waals surface area (Å²) in [6.07, 6.45) is 6.50. The van der Waals surface area contributed by atoms with E-state index in [0.29, 0.717) is 20.3 Å². The van der Waals surface area contributed by atoms with Crippen LogP contribution in [0.3, 0.4) is 0 Å². The fraction of sp³-hybridized carbons (Fsp3) is 0.0500. The first-order valence-corrected chi connectivity index (χ1v) is 10.0. The highest BCUT2D eigenvalue weighted by Gasteiger charge is 2.37. The van der Waals surface area contributed by atoms with Crippen molar-refractivity contribution in [1.29, 1.82) is 0 Å². The van der Waals surface area contributed by atoms with E-state index in [9.17, 15) is 24.5 Å². The molecular weight excluding hydrogens is 538 g/mol. The minimum Gasteiger partial charge on any atom is -0.479 e. The van der Waals surface area contributed by atoms with Crippen molar-refractivity contribution in [2.24, 2.45) is 0 Å². The van der Waals surface area contributed by atoms with Crippen LogP contribution in [0.15, 0.2) is 50.9 Å². The average Bonchev–Trinajstić information content (AvgIpc) is 2.71. The van der Waals surface area contributed by atoms with Crippen LogP contribution in [0, 0.1) is 22.5 Å². The van der Waals surface area contributed by atoms with E-state index in [1.54, 1.807) is 12.1 Å². The molecule has 11 heteroatoms. The van der Waals surface area contributed by atoms with Crippen molar-refractivity contribution in [3.63, 3.8) is 0 Å². The molecule has 3 rings (SSSR count). The molecule has 31 heavy (non-hydrogen) atoms. The summed E-state index contributed by atoms with van der Waals surface area (Å²) in [4.78, 5) is 48.4. The van der Waals surface area contributed by atoms with Crippen LogP contribution in [-0.4, -0.2) is 29.4 Å². The van der Waals surface area contributed by atoms with Crippen molar-refractivity contribution < 1.29 is 24.0 Å². The topological polar surface area (TPSA) is 119 Å². The zero-order valence-electron chi connectivity index (χ0n) is 15.4. The van der Waals surface area contributed by atoms with Gasteiger partial charge in [0.1, 0.15) is 17.9 Å². The molecule has 0 unspecified atom stereocenters. The Bertz CT molecular complexity index is 1160. The number of carbonyl (C=O) groups is 3. The van der Waals surface area contributed by atoms with Gasteiger partial charge in [-0.3, -0.25) is 25.0 Å². The van der Waals surface area contributed by atoms with Crippen molar-refractivity contribution >= 4 is 67.2 Å². The minimum atomic E-state index is -0.957. The molecule has 0 bridgehead atoms.